The number of ketones is 1. The van der Waals surface area contributed by atoms with Crippen molar-refractivity contribution >= 4 is 5.78 Å². The van der Waals surface area contributed by atoms with Crippen LogP contribution in [0.15, 0.2) is 146 Å². The first-order valence-electron chi connectivity index (χ1n) is 21.6. The van der Waals surface area contributed by atoms with Gasteiger partial charge in [-0.1, -0.05) is 177 Å². The molecule has 0 aliphatic carbocycles. The summed E-state index contributed by atoms with van der Waals surface area (Å²) in [5.74, 6) is 2.66. The highest BCUT2D eigenvalue weighted by atomic mass is 16.5. The first kappa shape index (κ1) is 43.8. The number of carbonyl (C=O) groups is 1. The highest BCUT2D eigenvalue weighted by molar-refractivity contribution is 6.01. The van der Waals surface area contributed by atoms with E-state index in [-0.39, 0.29) is 17.6 Å². The first-order chi connectivity index (χ1) is 29.0. The van der Waals surface area contributed by atoms with E-state index in [0.717, 1.165) is 56.0 Å². The lowest BCUT2D eigenvalue weighted by Crippen LogP contribution is -2.25. The second kappa shape index (κ2) is 20.9. The summed E-state index contributed by atoms with van der Waals surface area (Å²) in [6.07, 6.45) is 0. The van der Waals surface area contributed by atoms with Crippen LogP contribution in [0.25, 0.3) is 22.3 Å². The van der Waals surface area contributed by atoms with Gasteiger partial charge in [-0.2, -0.15) is 0 Å². The van der Waals surface area contributed by atoms with E-state index in [4.69, 9.17) is 18.9 Å². The van der Waals surface area contributed by atoms with Gasteiger partial charge in [0.2, 0.25) is 0 Å². The molecule has 0 N–H and O–H groups in total. The molecule has 0 aliphatic rings. The van der Waals surface area contributed by atoms with Gasteiger partial charge >= 0.3 is 0 Å². The molecule has 0 saturated carbocycles. The van der Waals surface area contributed by atoms with E-state index in [0.29, 0.717) is 49.8 Å². The fraction of sp³-hybridized carbons (Fsp3) is 0.327. The molecule has 0 bridgehead atoms. The van der Waals surface area contributed by atoms with Crippen LogP contribution in [0.1, 0.15) is 89.5 Å². The number of Topliss-reactive ketones (excluding diaryl/α,β-unsaturated/α-hetero) is 1. The third-order valence-electron chi connectivity index (χ3n) is 10.2. The Hall–Kier alpha value is -5.81. The molecular weight excluding hydrogens is 741 g/mol. The van der Waals surface area contributed by atoms with Crippen LogP contribution < -0.4 is 18.9 Å². The van der Waals surface area contributed by atoms with E-state index >= 15 is 4.79 Å². The van der Waals surface area contributed by atoms with E-state index in [2.05, 4.69) is 104 Å². The average Bonchev–Trinajstić information content (AvgIpc) is 3.25. The van der Waals surface area contributed by atoms with Crippen molar-refractivity contribution in [1.29, 1.82) is 0 Å². The van der Waals surface area contributed by atoms with Gasteiger partial charge in [0.05, 0.1) is 38.3 Å². The predicted molar refractivity (Wildman–Crippen MR) is 247 cm³/mol. The summed E-state index contributed by atoms with van der Waals surface area (Å²) in [6, 6.07) is 48.9. The standard InChI is InChI=1S/C55H62O5/c1-37(2)33-57-49-29-17-13-23-43(49)41-21-9-11-25-45(41)53(47-27-15-19-31-51(47)59-35-39(5)6)55(56)54(48-28-16-20-32-52(48)60-36-40(7)8)46-26-12-10-22-42(46)44-24-14-18-30-50(44)58-34-38(3)4/h9-32,37-40,53-54H,33-36H2,1-8H3. The maximum absolute atomic E-state index is 16.6. The smallest absolute Gasteiger partial charge is 0.156 e. The number of para-hydroxylation sites is 4. The maximum Gasteiger partial charge on any atom is 0.156 e. The largest absolute Gasteiger partial charge is 0.493 e. The van der Waals surface area contributed by atoms with Crippen molar-refractivity contribution in [3.63, 3.8) is 0 Å². The van der Waals surface area contributed by atoms with Crippen LogP contribution >= 0.6 is 0 Å². The molecule has 2 atom stereocenters. The summed E-state index contributed by atoms with van der Waals surface area (Å²) in [5.41, 5.74) is 7.07. The van der Waals surface area contributed by atoms with Crippen LogP contribution in [0.2, 0.25) is 0 Å². The fourth-order valence-corrected chi connectivity index (χ4v) is 7.46. The number of hydrogen-bond acceptors (Lipinski definition) is 5. The van der Waals surface area contributed by atoms with E-state index in [1.807, 2.05) is 97.1 Å². The van der Waals surface area contributed by atoms with Gasteiger partial charge in [0, 0.05) is 22.3 Å². The minimum atomic E-state index is -0.758. The molecule has 0 spiro atoms. The van der Waals surface area contributed by atoms with Crippen LogP contribution in [0, 0.1) is 23.7 Å². The molecule has 0 fully saturated rings. The normalized spacial score (nSPS) is 12.5. The maximum atomic E-state index is 16.6. The molecule has 2 unspecified atom stereocenters. The number of hydrogen-bond donors (Lipinski definition) is 0. The van der Waals surface area contributed by atoms with Gasteiger partial charge in [0.25, 0.3) is 0 Å². The lowest BCUT2D eigenvalue weighted by atomic mass is 9.73. The minimum Gasteiger partial charge on any atom is -0.493 e. The number of benzene rings is 6. The molecule has 312 valence electrons. The van der Waals surface area contributed by atoms with Crippen LogP contribution in [0.4, 0.5) is 0 Å². The summed E-state index contributed by atoms with van der Waals surface area (Å²) in [5, 5.41) is 0. The summed E-state index contributed by atoms with van der Waals surface area (Å²) in [7, 11) is 0. The van der Waals surface area contributed by atoms with Gasteiger partial charge in [-0.15, -0.1) is 0 Å². The Morgan fingerprint density at radius 1 is 0.333 bits per heavy atom. The van der Waals surface area contributed by atoms with Crippen molar-refractivity contribution in [3.05, 3.63) is 168 Å². The fourth-order valence-electron chi connectivity index (χ4n) is 7.46. The zero-order valence-corrected chi connectivity index (χ0v) is 36.7. The summed E-state index contributed by atoms with van der Waals surface area (Å²) < 4.78 is 26.1. The van der Waals surface area contributed by atoms with Crippen molar-refractivity contribution in [1.82, 2.24) is 0 Å². The number of carbonyl (C=O) groups excluding carboxylic acids is 1. The van der Waals surface area contributed by atoms with E-state index in [9.17, 15) is 0 Å². The molecule has 6 aromatic carbocycles. The second-order valence-corrected chi connectivity index (χ2v) is 17.3. The lowest BCUT2D eigenvalue weighted by molar-refractivity contribution is -0.120. The van der Waals surface area contributed by atoms with Gasteiger partial charge in [0.1, 0.15) is 23.0 Å². The lowest BCUT2D eigenvalue weighted by Gasteiger charge is -2.30. The van der Waals surface area contributed by atoms with Crippen LogP contribution in [-0.4, -0.2) is 32.2 Å². The second-order valence-electron chi connectivity index (χ2n) is 17.3. The van der Waals surface area contributed by atoms with E-state index in [1.54, 1.807) is 0 Å². The molecule has 5 nitrogen and oxygen atoms in total. The van der Waals surface area contributed by atoms with Crippen LogP contribution in [-0.2, 0) is 4.79 Å². The highest BCUT2D eigenvalue weighted by Gasteiger charge is 2.38. The van der Waals surface area contributed by atoms with Gasteiger partial charge in [-0.25, -0.2) is 0 Å². The summed E-state index contributed by atoms with van der Waals surface area (Å²) in [6.45, 7) is 19.3. The molecule has 0 saturated heterocycles. The number of ether oxygens (including phenoxy) is 4. The van der Waals surface area contributed by atoms with E-state index < -0.39 is 11.8 Å². The SMILES string of the molecule is CC(C)COc1ccccc1-c1ccccc1C(C(=O)C(c1ccccc1OCC(C)C)c1ccccc1-c1ccccc1OCC(C)C)c1ccccc1OCC(C)C. The topological polar surface area (TPSA) is 54.0 Å². The van der Waals surface area contributed by atoms with Crippen molar-refractivity contribution in [3.8, 4) is 45.3 Å². The molecule has 0 aliphatic heterocycles. The molecule has 6 rings (SSSR count). The molecule has 0 radical (unpaired) electrons. The van der Waals surface area contributed by atoms with Crippen molar-refractivity contribution in [2.45, 2.75) is 67.2 Å². The molecule has 60 heavy (non-hydrogen) atoms. The molecule has 6 aromatic rings. The van der Waals surface area contributed by atoms with Crippen LogP contribution in [0.5, 0.6) is 23.0 Å². The zero-order chi connectivity index (χ0) is 42.6. The molecule has 0 amide bonds. The monoisotopic (exact) mass is 802 g/mol. The molecular formula is C55H62O5. The Kier molecular flexibility index (Phi) is 15.3. The van der Waals surface area contributed by atoms with Gasteiger partial charge in [0.15, 0.2) is 5.78 Å². The molecule has 0 aromatic heterocycles. The predicted octanol–water partition coefficient (Wildman–Crippen LogP) is 13.7. The zero-order valence-electron chi connectivity index (χ0n) is 36.7. The van der Waals surface area contributed by atoms with Crippen molar-refractivity contribution < 1.29 is 23.7 Å². The molecule has 5 heteroatoms. The van der Waals surface area contributed by atoms with Crippen LogP contribution in [0.3, 0.4) is 0 Å². The quantitative estimate of drug-likeness (QED) is 0.0769. The minimum absolute atomic E-state index is 0.00254. The van der Waals surface area contributed by atoms with Gasteiger partial charge < -0.3 is 18.9 Å². The Morgan fingerprint density at radius 3 is 0.917 bits per heavy atom. The number of rotatable bonds is 20. The first-order valence-corrected chi connectivity index (χ1v) is 21.6. The van der Waals surface area contributed by atoms with Gasteiger partial charge in [-0.3, -0.25) is 4.79 Å². The Balaban J connectivity index is 1.65. The van der Waals surface area contributed by atoms with Crippen molar-refractivity contribution in [2.75, 3.05) is 26.4 Å². The Labute approximate surface area is 358 Å². The average molecular weight is 803 g/mol. The van der Waals surface area contributed by atoms with E-state index in [1.165, 1.54) is 0 Å². The van der Waals surface area contributed by atoms with Gasteiger partial charge in [-0.05, 0) is 70.2 Å². The Morgan fingerprint density at radius 2 is 0.583 bits per heavy atom. The molecule has 0 heterocycles. The van der Waals surface area contributed by atoms with Crippen molar-refractivity contribution in [2.24, 2.45) is 23.7 Å². The third-order valence-corrected chi connectivity index (χ3v) is 10.2. The third kappa shape index (κ3) is 10.9. The highest BCUT2D eigenvalue weighted by Crippen LogP contribution is 2.47. The summed E-state index contributed by atoms with van der Waals surface area (Å²) >= 11 is 0. The Bertz CT molecular complexity index is 2140. The summed E-state index contributed by atoms with van der Waals surface area (Å²) in [4.78, 5) is 16.6.